The average Bonchev–Trinajstić information content (AvgIpc) is 2.92. The molecule has 0 saturated carbocycles. The van der Waals surface area contributed by atoms with E-state index in [1.807, 2.05) is 26.0 Å². The number of rotatable bonds is 4. The fourth-order valence-electron chi connectivity index (χ4n) is 2.26. The van der Waals surface area contributed by atoms with Crippen LogP contribution < -0.4 is 16.0 Å². The van der Waals surface area contributed by atoms with Gasteiger partial charge in [-0.1, -0.05) is 13.8 Å². The van der Waals surface area contributed by atoms with E-state index in [-0.39, 0.29) is 11.8 Å². The van der Waals surface area contributed by atoms with Crippen LogP contribution in [0.2, 0.25) is 0 Å². The Kier molecular flexibility index (Phi) is 4.43. The van der Waals surface area contributed by atoms with Crippen molar-refractivity contribution in [1.82, 2.24) is 0 Å². The molecule has 104 valence electrons. The maximum atomic E-state index is 11.8. The minimum Gasteiger partial charge on any atom is -0.372 e. The Hall–Kier alpha value is -1.55. The standard InChI is InChI=1S/C15H23N3O/c1-11(2)14(16)15(19)17-12-5-7-13(8-6-12)18-9-3-4-10-18/h5-8,11,14H,3-4,9-10,16H2,1-2H3,(H,17,19)/t14-/m0/s1. The lowest BCUT2D eigenvalue weighted by Gasteiger charge is -2.19. The summed E-state index contributed by atoms with van der Waals surface area (Å²) < 4.78 is 0. The van der Waals surface area contributed by atoms with Crippen molar-refractivity contribution in [3.8, 4) is 0 Å². The van der Waals surface area contributed by atoms with E-state index in [1.54, 1.807) is 0 Å². The molecule has 4 nitrogen and oxygen atoms in total. The highest BCUT2D eigenvalue weighted by Crippen LogP contribution is 2.22. The van der Waals surface area contributed by atoms with Gasteiger partial charge >= 0.3 is 0 Å². The van der Waals surface area contributed by atoms with Crippen molar-refractivity contribution in [2.24, 2.45) is 11.7 Å². The van der Waals surface area contributed by atoms with Crippen LogP contribution >= 0.6 is 0 Å². The van der Waals surface area contributed by atoms with Crippen LogP contribution in [0.1, 0.15) is 26.7 Å². The van der Waals surface area contributed by atoms with Crippen molar-refractivity contribution in [2.45, 2.75) is 32.7 Å². The minimum atomic E-state index is -0.460. The third-order valence-corrected chi connectivity index (χ3v) is 3.63. The molecule has 3 N–H and O–H groups in total. The van der Waals surface area contributed by atoms with Crippen LogP contribution in [0.15, 0.2) is 24.3 Å². The Labute approximate surface area is 115 Å². The van der Waals surface area contributed by atoms with E-state index in [9.17, 15) is 4.79 Å². The van der Waals surface area contributed by atoms with E-state index < -0.39 is 6.04 Å². The Bertz CT molecular complexity index is 422. The van der Waals surface area contributed by atoms with Crippen LogP contribution in [0.4, 0.5) is 11.4 Å². The van der Waals surface area contributed by atoms with Gasteiger partial charge in [0.25, 0.3) is 0 Å². The van der Waals surface area contributed by atoms with Crippen molar-refractivity contribution in [3.05, 3.63) is 24.3 Å². The van der Waals surface area contributed by atoms with Gasteiger partial charge in [-0.25, -0.2) is 0 Å². The van der Waals surface area contributed by atoms with Crippen LogP contribution in [0, 0.1) is 5.92 Å². The molecule has 1 fully saturated rings. The summed E-state index contributed by atoms with van der Waals surface area (Å²) in [4.78, 5) is 14.2. The molecule has 1 heterocycles. The SMILES string of the molecule is CC(C)[C@H](N)C(=O)Nc1ccc(N2CCCC2)cc1. The molecular formula is C15H23N3O. The molecule has 0 aromatic heterocycles. The van der Waals surface area contributed by atoms with E-state index in [4.69, 9.17) is 5.73 Å². The number of nitrogens with two attached hydrogens (primary N) is 1. The lowest BCUT2D eigenvalue weighted by Crippen LogP contribution is -2.39. The largest absolute Gasteiger partial charge is 0.372 e. The Balaban J connectivity index is 1.96. The fourth-order valence-corrected chi connectivity index (χ4v) is 2.26. The minimum absolute atomic E-state index is 0.121. The molecule has 1 aromatic rings. The molecule has 0 unspecified atom stereocenters. The van der Waals surface area contributed by atoms with Crippen LogP contribution in [0.5, 0.6) is 0 Å². The van der Waals surface area contributed by atoms with E-state index in [0.29, 0.717) is 0 Å². The average molecular weight is 261 g/mol. The van der Waals surface area contributed by atoms with Gasteiger partial charge in [-0.05, 0) is 43.0 Å². The van der Waals surface area contributed by atoms with Gasteiger partial charge in [0.1, 0.15) is 0 Å². The highest BCUT2D eigenvalue weighted by Gasteiger charge is 2.17. The van der Waals surface area contributed by atoms with E-state index in [0.717, 1.165) is 18.8 Å². The first-order valence-electron chi connectivity index (χ1n) is 6.99. The smallest absolute Gasteiger partial charge is 0.241 e. The van der Waals surface area contributed by atoms with Gasteiger partial charge in [0.15, 0.2) is 0 Å². The zero-order valence-corrected chi connectivity index (χ0v) is 11.7. The van der Waals surface area contributed by atoms with Gasteiger partial charge in [-0.3, -0.25) is 4.79 Å². The first-order valence-corrected chi connectivity index (χ1v) is 6.99. The maximum Gasteiger partial charge on any atom is 0.241 e. The number of benzene rings is 1. The van der Waals surface area contributed by atoms with Gasteiger partial charge in [-0.15, -0.1) is 0 Å². The molecule has 0 aliphatic carbocycles. The second-order valence-electron chi connectivity index (χ2n) is 5.50. The molecule has 1 saturated heterocycles. The molecule has 1 aliphatic heterocycles. The number of carbonyl (C=O) groups excluding carboxylic acids is 1. The maximum absolute atomic E-state index is 11.8. The van der Waals surface area contributed by atoms with Gasteiger partial charge in [0, 0.05) is 24.5 Å². The van der Waals surface area contributed by atoms with Crippen LogP contribution in [0.25, 0.3) is 0 Å². The third-order valence-electron chi connectivity index (χ3n) is 3.63. The summed E-state index contributed by atoms with van der Waals surface area (Å²) in [6.07, 6.45) is 2.53. The van der Waals surface area contributed by atoms with E-state index >= 15 is 0 Å². The molecule has 2 rings (SSSR count). The second-order valence-corrected chi connectivity index (χ2v) is 5.50. The summed E-state index contributed by atoms with van der Waals surface area (Å²) in [6.45, 7) is 6.15. The van der Waals surface area contributed by atoms with Crippen LogP contribution in [0.3, 0.4) is 0 Å². The molecule has 1 amide bonds. The summed E-state index contributed by atoms with van der Waals surface area (Å²) in [5, 5.41) is 2.86. The highest BCUT2D eigenvalue weighted by atomic mass is 16.2. The van der Waals surface area contributed by atoms with Gasteiger partial charge in [0.05, 0.1) is 6.04 Å². The number of anilines is 2. The van der Waals surface area contributed by atoms with Crippen molar-refractivity contribution in [3.63, 3.8) is 0 Å². The Morgan fingerprint density at radius 3 is 2.32 bits per heavy atom. The number of nitrogens with zero attached hydrogens (tertiary/aromatic N) is 1. The van der Waals surface area contributed by atoms with Crippen molar-refractivity contribution in [1.29, 1.82) is 0 Å². The normalized spacial score (nSPS) is 16.7. The lowest BCUT2D eigenvalue weighted by atomic mass is 10.0. The molecule has 19 heavy (non-hydrogen) atoms. The number of hydrogen-bond acceptors (Lipinski definition) is 3. The Morgan fingerprint density at radius 1 is 1.21 bits per heavy atom. The number of nitrogens with one attached hydrogen (secondary N) is 1. The zero-order chi connectivity index (χ0) is 13.8. The van der Waals surface area contributed by atoms with Crippen molar-refractivity contribution in [2.75, 3.05) is 23.3 Å². The summed E-state index contributed by atoms with van der Waals surface area (Å²) in [5.41, 5.74) is 7.85. The summed E-state index contributed by atoms with van der Waals surface area (Å²) in [7, 11) is 0. The topological polar surface area (TPSA) is 58.4 Å². The fraction of sp³-hybridized carbons (Fsp3) is 0.533. The summed E-state index contributed by atoms with van der Waals surface area (Å²) in [6, 6.07) is 7.54. The second kappa shape index (κ2) is 6.06. The first-order chi connectivity index (χ1) is 9.08. The molecule has 1 aliphatic rings. The Morgan fingerprint density at radius 2 is 1.79 bits per heavy atom. The number of amides is 1. The zero-order valence-electron chi connectivity index (χ0n) is 11.7. The monoisotopic (exact) mass is 261 g/mol. The van der Waals surface area contributed by atoms with Crippen LogP contribution in [-0.2, 0) is 4.79 Å². The highest BCUT2D eigenvalue weighted by molar-refractivity contribution is 5.94. The van der Waals surface area contributed by atoms with E-state index in [2.05, 4.69) is 22.3 Å². The molecule has 0 bridgehead atoms. The number of hydrogen-bond donors (Lipinski definition) is 2. The summed E-state index contributed by atoms with van der Waals surface area (Å²) >= 11 is 0. The predicted molar refractivity (Wildman–Crippen MR) is 79.3 cm³/mol. The predicted octanol–water partition coefficient (Wildman–Crippen LogP) is 2.21. The molecular weight excluding hydrogens is 238 g/mol. The van der Waals surface area contributed by atoms with E-state index in [1.165, 1.54) is 18.5 Å². The molecule has 4 heteroatoms. The van der Waals surface area contributed by atoms with Gasteiger partial charge in [0.2, 0.25) is 5.91 Å². The first kappa shape index (κ1) is 13.9. The quantitative estimate of drug-likeness (QED) is 0.873. The van der Waals surface area contributed by atoms with Gasteiger partial charge in [-0.2, -0.15) is 0 Å². The third kappa shape index (κ3) is 3.47. The molecule has 0 spiro atoms. The molecule has 1 aromatic carbocycles. The molecule has 1 atom stereocenters. The lowest BCUT2D eigenvalue weighted by molar-refractivity contribution is -0.118. The van der Waals surface area contributed by atoms with Crippen molar-refractivity contribution < 1.29 is 4.79 Å². The van der Waals surface area contributed by atoms with Crippen LogP contribution in [-0.4, -0.2) is 25.0 Å². The molecule has 0 radical (unpaired) electrons. The van der Waals surface area contributed by atoms with Crippen molar-refractivity contribution >= 4 is 17.3 Å². The van der Waals surface area contributed by atoms with Gasteiger partial charge < -0.3 is 16.0 Å². The summed E-state index contributed by atoms with van der Waals surface area (Å²) in [5.74, 6) is 0.0211. The number of carbonyl (C=O) groups is 1.